The van der Waals surface area contributed by atoms with Crippen molar-refractivity contribution in [2.45, 2.75) is 32.7 Å². The maximum absolute atomic E-state index is 11.5. The quantitative estimate of drug-likeness (QED) is 0.723. The minimum Gasteiger partial charge on any atom is -0.299 e. The van der Waals surface area contributed by atoms with E-state index in [4.69, 9.17) is 0 Å². The molecule has 1 heterocycles. The molecule has 16 heavy (non-hydrogen) atoms. The Hall–Kier alpha value is -1.15. The van der Waals surface area contributed by atoms with Crippen LogP contribution in [0.5, 0.6) is 0 Å². The van der Waals surface area contributed by atoms with Crippen molar-refractivity contribution in [2.75, 3.05) is 13.1 Å². The molecule has 1 aliphatic heterocycles. The summed E-state index contributed by atoms with van der Waals surface area (Å²) >= 11 is 0. The molecule has 0 amide bonds. The van der Waals surface area contributed by atoms with Crippen LogP contribution in [0.2, 0.25) is 0 Å². The van der Waals surface area contributed by atoms with Gasteiger partial charge in [0.05, 0.1) is 0 Å². The van der Waals surface area contributed by atoms with Crippen molar-refractivity contribution in [3.63, 3.8) is 0 Å². The molecule has 0 spiro atoms. The van der Waals surface area contributed by atoms with Crippen LogP contribution in [0.1, 0.15) is 42.1 Å². The van der Waals surface area contributed by atoms with E-state index in [-0.39, 0.29) is 5.78 Å². The molecule has 1 aromatic rings. The van der Waals surface area contributed by atoms with E-state index >= 15 is 0 Å². The van der Waals surface area contributed by atoms with Crippen LogP contribution in [0.4, 0.5) is 0 Å². The first kappa shape index (κ1) is 11.3. The standard InChI is InChI=1S/C14H19NO/c1-2-14(16)13-7-5-12(6-8-13)11-15-9-3-4-10-15/h5-8H,2-4,9-11H2,1H3. The summed E-state index contributed by atoms with van der Waals surface area (Å²) in [6.45, 7) is 5.37. The number of Topliss-reactive ketones (excluding diaryl/α,β-unsaturated/α-hetero) is 1. The van der Waals surface area contributed by atoms with Crippen molar-refractivity contribution in [2.24, 2.45) is 0 Å². The zero-order valence-corrected chi connectivity index (χ0v) is 9.91. The molecule has 0 saturated carbocycles. The average Bonchev–Trinajstić information content (AvgIpc) is 2.82. The van der Waals surface area contributed by atoms with Gasteiger partial charge in [-0.15, -0.1) is 0 Å². The Kier molecular flexibility index (Phi) is 3.73. The highest BCUT2D eigenvalue weighted by atomic mass is 16.1. The molecule has 2 nitrogen and oxygen atoms in total. The third-order valence-electron chi connectivity index (χ3n) is 3.20. The van der Waals surface area contributed by atoms with Gasteiger partial charge in [0.25, 0.3) is 0 Å². The third kappa shape index (κ3) is 2.70. The molecule has 86 valence electrons. The second kappa shape index (κ2) is 5.26. The monoisotopic (exact) mass is 217 g/mol. The van der Waals surface area contributed by atoms with E-state index in [1.807, 2.05) is 19.1 Å². The molecule has 1 fully saturated rings. The van der Waals surface area contributed by atoms with Crippen molar-refractivity contribution in [1.29, 1.82) is 0 Å². The fourth-order valence-electron chi connectivity index (χ4n) is 2.20. The van der Waals surface area contributed by atoms with Crippen LogP contribution in [-0.2, 0) is 6.54 Å². The largest absolute Gasteiger partial charge is 0.299 e. The van der Waals surface area contributed by atoms with Crippen LogP contribution in [0.25, 0.3) is 0 Å². The summed E-state index contributed by atoms with van der Waals surface area (Å²) in [7, 11) is 0. The molecular weight excluding hydrogens is 198 g/mol. The lowest BCUT2D eigenvalue weighted by Crippen LogP contribution is -2.18. The van der Waals surface area contributed by atoms with Crippen LogP contribution in [0.15, 0.2) is 24.3 Å². The second-order valence-electron chi connectivity index (χ2n) is 4.46. The fourth-order valence-corrected chi connectivity index (χ4v) is 2.20. The van der Waals surface area contributed by atoms with Gasteiger partial charge >= 0.3 is 0 Å². The van der Waals surface area contributed by atoms with E-state index in [0.717, 1.165) is 12.1 Å². The molecule has 1 aliphatic rings. The highest BCUT2D eigenvalue weighted by molar-refractivity contribution is 5.95. The maximum Gasteiger partial charge on any atom is 0.162 e. The lowest BCUT2D eigenvalue weighted by molar-refractivity contribution is 0.0988. The number of ketones is 1. The SMILES string of the molecule is CCC(=O)c1ccc(CN2CCCC2)cc1. The molecule has 1 aromatic carbocycles. The summed E-state index contributed by atoms with van der Waals surface area (Å²) < 4.78 is 0. The lowest BCUT2D eigenvalue weighted by Gasteiger charge is -2.14. The number of hydrogen-bond donors (Lipinski definition) is 0. The zero-order chi connectivity index (χ0) is 11.4. The molecule has 0 aliphatic carbocycles. The topological polar surface area (TPSA) is 20.3 Å². The third-order valence-corrected chi connectivity index (χ3v) is 3.20. The van der Waals surface area contributed by atoms with E-state index in [1.165, 1.54) is 31.5 Å². The van der Waals surface area contributed by atoms with Gasteiger partial charge in [0.15, 0.2) is 5.78 Å². The van der Waals surface area contributed by atoms with Crippen molar-refractivity contribution >= 4 is 5.78 Å². The minimum atomic E-state index is 0.229. The zero-order valence-electron chi connectivity index (χ0n) is 9.91. The van der Waals surface area contributed by atoms with Crippen molar-refractivity contribution in [3.8, 4) is 0 Å². The Morgan fingerprint density at radius 1 is 1.19 bits per heavy atom. The normalized spacial score (nSPS) is 16.6. The van der Waals surface area contributed by atoms with Gasteiger partial charge in [0.2, 0.25) is 0 Å². The molecular formula is C14H19NO. The number of nitrogens with zero attached hydrogens (tertiary/aromatic N) is 1. The maximum atomic E-state index is 11.5. The van der Waals surface area contributed by atoms with Gasteiger partial charge in [-0.2, -0.15) is 0 Å². The van der Waals surface area contributed by atoms with Gasteiger partial charge in [0, 0.05) is 18.5 Å². The Labute approximate surface area is 97.3 Å². The molecule has 0 N–H and O–H groups in total. The van der Waals surface area contributed by atoms with E-state index in [2.05, 4.69) is 17.0 Å². The van der Waals surface area contributed by atoms with Crippen LogP contribution in [0.3, 0.4) is 0 Å². The molecule has 0 radical (unpaired) electrons. The van der Waals surface area contributed by atoms with Crippen LogP contribution in [-0.4, -0.2) is 23.8 Å². The Bertz CT molecular complexity index is 350. The number of carbonyl (C=O) groups is 1. The summed E-state index contributed by atoms with van der Waals surface area (Å²) in [5.74, 6) is 0.229. The van der Waals surface area contributed by atoms with Crippen LogP contribution < -0.4 is 0 Å². The number of hydrogen-bond acceptors (Lipinski definition) is 2. The molecule has 2 heteroatoms. The van der Waals surface area contributed by atoms with Crippen molar-refractivity contribution < 1.29 is 4.79 Å². The summed E-state index contributed by atoms with van der Waals surface area (Å²) in [6, 6.07) is 8.08. The van der Waals surface area contributed by atoms with Gasteiger partial charge < -0.3 is 0 Å². The van der Waals surface area contributed by atoms with Crippen molar-refractivity contribution in [1.82, 2.24) is 4.90 Å². The van der Waals surface area contributed by atoms with Gasteiger partial charge in [-0.25, -0.2) is 0 Å². The molecule has 1 saturated heterocycles. The van der Waals surface area contributed by atoms with E-state index in [1.54, 1.807) is 0 Å². The van der Waals surface area contributed by atoms with Gasteiger partial charge in [0.1, 0.15) is 0 Å². The first-order valence-corrected chi connectivity index (χ1v) is 6.14. The number of carbonyl (C=O) groups excluding carboxylic acids is 1. The summed E-state index contributed by atoms with van der Waals surface area (Å²) in [5, 5.41) is 0. The van der Waals surface area contributed by atoms with Gasteiger partial charge in [-0.1, -0.05) is 31.2 Å². The first-order chi connectivity index (χ1) is 7.79. The number of likely N-dealkylation sites (tertiary alicyclic amines) is 1. The minimum absolute atomic E-state index is 0.229. The van der Waals surface area contributed by atoms with Gasteiger partial charge in [-0.05, 0) is 31.5 Å². The molecule has 2 rings (SSSR count). The van der Waals surface area contributed by atoms with Crippen molar-refractivity contribution in [3.05, 3.63) is 35.4 Å². The summed E-state index contributed by atoms with van der Waals surface area (Å²) in [5.41, 5.74) is 2.15. The summed E-state index contributed by atoms with van der Waals surface area (Å²) in [6.07, 6.45) is 3.24. The highest BCUT2D eigenvalue weighted by Gasteiger charge is 2.11. The van der Waals surface area contributed by atoms with E-state index in [0.29, 0.717) is 6.42 Å². The second-order valence-corrected chi connectivity index (χ2v) is 4.46. The molecule has 0 atom stereocenters. The number of rotatable bonds is 4. The van der Waals surface area contributed by atoms with E-state index < -0.39 is 0 Å². The lowest BCUT2D eigenvalue weighted by atomic mass is 10.1. The first-order valence-electron chi connectivity index (χ1n) is 6.14. The fraction of sp³-hybridized carbons (Fsp3) is 0.500. The van der Waals surface area contributed by atoms with Crippen LogP contribution in [0, 0.1) is 0 Å². The Morgan fingerprint density at radius 2 is 1.81 bits per heavy atom. The van der Waals surface area contributed by atoms with Gasteiger partial charge in [-0.3, -0.25) is 9.69 Å². The molecule has 0 aromatic heterocycles. The number of benzene rings is 1. The van der Waals surface area contributed by atoms with E-state index in [9.17, 15) is 4.79 Å². The molecule has 0 bridgehead atoms. The summed E-state index contributed by atoms with van der Waals surface area (Å²) in [4.78, 5) is 13.9. The average molecular weight is 217 g/mol. The Balaban J connectivity index is 1.98. The predicted molar refractivity (Wildman–Crippen MR) is 65.6 cm³/mol. The van der Waals surface area contributed by atoms with Crippen LogP contribution >= 0.6 is 0 Å². The highest BCUT2D eigenvalue weighted by Crippen LogP contribution is 2.13. The Morgan fingerprint density at radius 3 is 2.38 bits per heavy atom. The smallest absolute Gasteiger partial charge is 0.162 e. The molecule has 0 unspecified atom stereocenters. The predicted octanol–water partition coefficient (Wildman–Crippen LogP) is 2.88.